The average molecular weight is 364 g/mol. The molecule has 1 heterocycles. The smallest absolute Gasteiger partial charge is 0.340 e. The first kappa shape index (κ1) is 15.7. The lowest BCUT2D eigenvalue weighted by Gasteiger charge is -2.12. The Morgan fingerprint density at radius 1 is 1.19 bits per heavy atom. The molecule has 0 saturated carbocycles. The fraction of sp³-hybridized carbons (Fsp3) is 0.231. The summed E-state index contributed by atoms with van der Waals surface area (Å²) < 4.78 is 51.7. The van der Waals surface area contributed by atoms with E-state index in [2.05, 4.69) is 31.2 Å². The molecule has 2 aromatic rings. The van der Waals surface area contributed by atoms with E-state index in [-0.39, 0.29) is 5.69 Å². The third-order valence-electron chi connectivity index (χ3n) is 2.60. The molecule has 0 amide bonds. The standard InChI is InChI=1S/C13H10BrF4N3/c1-2-11-20-10(14)6-12(21-11)19-7-3-4-9(15)8(5-7)13(16,17)18/h3-6H,2H2,1H3,(H,19,20,21). The zero-order valence-corrected chi connectivity index (χ0v) is 12.4. The van der Waals surface area contributed by atoms with Crippen molar-refractivity contribution in [1.29, 1.82) is 0 Å². The van der Waals surface area contributed by atoms with E-state index in [0.717, 1.165) is 6.07 Å². The lowest BCUT2D eigenvalue weighted by atomic mass is 10.2. The molecule has 2 rings (SSSR count). The molecule has 0 aliphatic carbocycles. The van der Waals surface area contributed by atoms with Gasteiger partial charge in [-0.25, -0.2) is 14.4 Å². The van der Waals surface area contributed by atoms with Gasteiger partial charge in [0.25, 0.3) is 0 Å². The van der Waals surface area contributed by atoms with Crippen LogP contribution in [0.15, 0.2) is 28.9 Å². The molecular weight excluding hydrogens is 354 g/mol. The molecule has 8 heteroatoms. The van der Waals surface area contributed by atoms with E-state index < -0.39 is 17.6 Å². The van der Waals surface area contributed by atoms with Crippen molar-refractivity contribution in [3.8, 4) is 0 Å². The summed E-state index contributed by atoms with van der Waals surface area (Å²) in [5.74, 6) is -0.454. The lowest BCUT2D eigenvalue weighted by Crippen LogP contribution is -2.09. The van der Waals surface area contributed by atoms with Crippen LogP contribution in [0.3, 0.4) is 0 Å². The largest absolute Gasteiger partial charge is 0.419 e. The predicted molar refractivity (Wildman–Crippen MR) is 73.8 cm³/mol. The number of alkyl halides is 3. The molecule has 0 aliphatic heterocycles. The number of anilines is 2. The molecule has 0 spiro atoms. The van der Waals surface area contributed by atoms with Crippen molar-refractivity contribution in [2.24, 2.45) is 0 Å². The Labute approximate surface area is 126 Å². The normalized spacial score (nSPS) is 11.5. The SMILES string of the molecule is CCc1nc(Br)cc(Nc2ccc(F)c(C(F)(F)F)c2)n1. The summed E-state index contributed by atoms with van der Waals surface area (Å²) in [4.78, 5) is 8.22. The van der Waals surface area contributed by atoms with Gasteiger partial charge in [-0.3, -0.25) is 0 Å². The van der Waals surface area contributed by atoms with Gasteiger partial charge in [-0.05, 0) is 34.1 Å². The number of aryl methyl sites for hydroxylation is 1. The van der Waals surface area contributed by atoms with Crippen molar-refractivity contribution in [3.63, 3.8) is 0 Å². The van der Waals surface area contributed by atoms with E-state index in [1.54, 1.807) is 0 Å². The minimum atomic E-state index is -4.75. The first-order chi connectivity index (χ1) is 9.79. The highest BCUT2D eigenvalue weighted by molar-refractivity contribution is 9.10. The molecule has 3 nitrogen and oxygen atoms in total. The molecule has 1 N–H and O–H groups in total. The van der Waals surface area contributed by atoms with E-state index in [4.69, 9.17) is 0 Å². The minimum Gasteiger partial charge on any atom is -0.340 e. The van der Waals surface area contributed by atoms with Crippen molar-refractivity contribution in [2.45, 2.75) is 19.5 Å². The Morgan fingerprint density at radius 2 is 1.90 bits per heavy atom. The van der Waals surface area contributed by atoms with Gasteiger partial charge in [-0.1, -0.05) is 6.92 Å². The summed E-state index contributed by atoms with van der Waals surface area (Å²) in [6, 6.07) is 4.21. The van der Waals surface area contributed by atoms with E-state index in [0.29, 0.717) is 28.7 Å². The number of halogens is 5. The number of hydrogen-bond donors (Lipinski definition) is 1. The zero-order valence-electron chi connectivity index (χ0n) is 10.8. The molecule has 0 saturated heterocycles. The summed E-state index contributed by atoms with van der Waals surface area (Å²) in [6.07, 6.45) is -4.17. The van der Waals surface area contributed by atoms with Crippen LogP contribution in [-0.2, 0) is 12.6 Å². The molecule has 0 aliphatic rings. The molecule has 112 valence electrons. The third kappa shape index (κ3) is 3.90. The van der Waals surface area contributed by atoms with Gasteiger partial charge in [0.05, 0.1) is 5.56 Å². The van der Waals surface area contributed by atoms with E-state index in [1.165, 1.54) is 12.1 Å². The quantitative estimate of drug-likeness (QED) is 0.634. The summed E-state index contributed by atoms with van der Waals surface area (Å²) >= 11 is 3.19. The Hall–Kier alpha value is -1.70. The highest BCUT2D eigenvalue weighted by Crippen LogP contribution is 2.33. The monoisotopic (exact) mass is 363 g/mol. The number of nitrogens with zero attached hydrogens (tertiary/aromatic N) is 2. The molecule has 0 atom stereocenters. The Kier molecular flexibility index (Phi) is 4.46. The van der Waals surface area contributed by atoms with Crippen LogP contribution in [0.5, 0.6) is 0 Å². The molecule has 0 fully saturated rings. The maximum atomic E-state index is 13.2. The number of rotatable bonds is 3. The fourth-order valence-electron chi connectivity index (χ4n) is 1.65. The van der Waals surface area contributed by atoms with Crippen LogP contribution in [0.4, 0.5) is 29.1 Å². The van der Waals surface area contributed by atoms with Crippen LogP contribution in [0, 0.1) is 5.82 Å². The van der Waals surface area contributed by atoms with Crippen LogP contribution in [0.25, 0.3) is 0 Å². The van der Waals surface area contributed by atoms with Crippen LogP contribution < -0.4 is 5.32 Å². The zero-order chi connectivity index (χ0) is 15.6. The first-order valence-electron chi connectivity index (χ1n) is 5.97. The Balaban J connectivity index is 2.34. The topological polar surface area (TPSA) is 37.8 Å². The number of aromatic nitrogens is 2. The first-order valence-corrected chi connectivity index (χ1v) is 6.76. The second kappa shape index (κ2) is 5.97. The molecule has 0 radical (unpaired) electrons. The van der Waals surface area contributed by atoms with Gasteiger partial charge in [0, 0.05) is 18.2 Å². The second-order valence-electron chi connectivity index (χ2n) is 4.16. The maximum absolute atomic E-state index is 13.2. The van der Waals surface area contributed by atoms with Crippen molar-refractivity contribution in [3.05, 3.63) is 46.1 Å². The summed E-state index contributed by atoms with van der Waals surface area (Å²) in [5, 5.41) is 2.71. The van der Waals surface area contributed by atoms with Crippen molar-refractivity contribution in [2.75, 3.05) is 5.32 Å². The summed E-state index contributed by atoms with van der Waals surface area (Å²) in [6.45, 7) is 1.85. The Bertz CT molecular complexity index is 658. The van der Waals surface area contributed by atoms with Gasteiger partial charge in [-0.15, -0.1) is 0 Å². The Morgan fingerprint density at radius 3 is 2.52 bits per heavy atom. The second-order valence-corrected chi connectivity index (χ2v) is 4.98. The van der Waals surface area contributed by atoms with Gasteiger partial charge in [0.1, 0.15) is 22.1 Å². The maximum Gasteiger partial charge on any atom is 0.419 e. The van der Waals surface area contributed by atoms with Gasteiger partial charge in [-0.2, -0.15) is 13.2 Å². The molecular formula is C13H10BrF4N3. The van der Waals surface area contributed by atoms with Gasteiger partial charge in [0.2, 0.25) is 0 Å². The molecule has 0 unspecified atom stereocenters. The molecule has 1 aromatic carbocycles. The number of hydrogen-bond acceptors (Lipinski definition) is 3. The van der Waals surface area contributed by atoms with E-state index in [1.807, 2.05) is 6.92 Å². The van der Waals surface area contributed by atoms with Crippen LogP contribution >= 0.6 is 15.9 Å². The highest BCUT2D eigenvalue weighted by Gasteiger charge is 2.34. The van der Waals surface area contributed by atoms with Crippen molar-refractivity contribution >= 4 is 27.4 Å². The van der Waals surface area contributed by atoms with Crippen LogP contribution in [-0.4, -0.2) is 9.97 Å². The number of nitrogens with one attached hydrogen (secondary N) is 1. The molecule has 1 aromatic heterocycles. The van der Waals surface area contributed by atoms with Crippen LogP contribution in [0.2, 0.25) is 0 Å². The average Bonchev–Trinajstić information content (AvgIpc) is 2.39. The number of benzene rings is 1. The summed E-state index contributed by atoms with van der Waals surface area (Å²) in [5.41, 5.74) is -1.23. The van der Waals surface area contributed by atoms with Crippen molar-refractivity contribution < 1.29 is 17.6 Å². The van der Waals surface area contributed by atoms with Gasteiger partial charge < -0.3 is 5.32 Å². The molecule has 0 bridgehead atoms. The molecule has 21 heavy (non-hydrogen) atoms. The fourth-order valence-corrected chi connectivity index (χ4v) is 2.08. The predicted octanol–water partition coefficient (Wildman–Crippen LogP) is 4.70. The lowest BCUT2D eigenvalue weighted by molar-refractivity contribution is -0.139. The van der Waals surface area contributed by atoms with Gasteiger partial charge in [0.15, 0.2) is 0 Å². The summed E-state index contributed by atoms with van der Waals surface area (Å²) in [7, 11) is 0. The third-order valence-corrected chi connectivity index (χ3v) is 3.01. The van der Waals surface area contributed by atoms with E-state index >= 15 is 0 Å². The minimum absolute atomic E-state index is 0.0939. The van der Waals surface area contributed by atoms with E-state index in [9.17, 15) is 17.6 Å². The van der Waals surface area contributed by atoms with Crippen molar-refractivity contribution in [1.82, 2.24) is 9.97 Å². The van der Waals surface area contributed by atoms with Gasteiger partial charge >= 0.3 is 6.18 Å². The van der Waals surface area contributed by atoms with Crippen LogP contribution in [0.1, 0.15) is 18.3 Å². The highest BCUT2D eigenvalue weighted by atomic mass is 79.9.